The van der Waals surface area contributed by atoms with Gasteiger partial charge in [-0.05, 0) is 57.2 Å². The van der Waals surface area contributed by atoms with Crippen LogP contribution in [-0.4, -0.2) is 86.6 Å². The first-order valence-electron chi connectivity index (χ1n) is 15.4. The van der Waals surface area contributed by atoms with Crippen LogP contribution in [0.2, 0.25) is 0 Å². The molecule has 0 atom stereocenters. The van der Waals surface area contributed by atoms with Crippen molar-refractivity contribution in [3.8, 4) is 28.4 Å². The van der Waals surface area contributed by atoms with E-state index in [0.29, 0.717) is 18.7 Å². The van der Waals surface area contributed by atoms with Gasteiger partial charge in [0.05, 0.1) is 18.0 Å². The molecule has 1 aliphatic rings. The predicted molar refractivity (Wildman–Crippen MR) is 172 cm³/mol. The number of aryl methyl sites for hydroxylation is 1. The minimum absolute atomic E-state index is 0.0726. The summed E-state index contributed by atoms with van der Waals surface area (Å²) in [5.41, 5.74) is 0.125. The zero-order valence-electron chi connectivity index (χ0n) is 27.3. The van der Waals surface area contributed by atoms with E-state index in [2.05, 4.69) is 15.4 Å². The molecule has 2 aromatic heterocycles. The molecule has 49 heavy (non-hydrogen) atoms. The van der Waals surface area contributed by atoms with Gasteiger partial charge in [-0.1, -0.05) is 18.2 Å². The molecule has 2 amide bonds. The normalized spacial score (nSPS) is 14.2. The van der Waals surface area contributed by atoms with Gasteiger partial charge in [0.25, 0.3) is 11.8 Å². The monoisotopic (exact) mass is 684 g/mol. The lowest BCUT2D eigenvalue weighted by Gasteiger charge is -2.42. The van der Waals surface area contributed by atoms with Gasteiger partial charge in [0, 0.05) is 73.4 Å². The number of hydrogen-bond acceptors (Lipinski definition) is 8. The van der Waals surface area contributed by atoms with Crippen molar-refractivity contribution in [1.82, 2.24) is 24.6 Å². The Kier molecular flexibility index (Phi) is 10.2. The lowest BCUT2D eigenvalue weighted by atomic mass is 10.0. The molecule has 11 nitrogen and oxygen atoms in total. The van der Waals surface area contributed by atoms with Gasteiger partial charge in [-0.25, -0.2) is 13.6 Å². The number of aliphatic hydroxyl groups is 1. The summed E-state index contributed by atoms with van der Waals surface area (Å²) in [5.74, 6) is -4.38. The van der Waals surface area contributed by atoms with E-state index in [9.17, 15) is 32.3 Å². The number of alkyl halides is 4. The summed E-state index contributed by atoms with van der Waals surface area (Å²) in [6, 6.07) is 12.6. The number of halogens is 4. The molecule has 2 aromatic carbocycles. The van der Waals surface area contributed by atoms with Gasteiger partial charge < -0.3 is 24.8 Å². The molecule has 0 unspecified atom stereocenters. The maximum atomic E-state index is 14.0. The van der Waals surface area contributed by atoms with E-state index in [4.69, 9.17) is 9.47 Å². The van der Waals surface area contributed by atoms with Gasteiger partial charge in [-0.2, -0.15) is 18.6 Å². The molecule has 2 N–H and O–H groups in total. The number of nitrogens with zero attached hydrogens (tertiary/aromatic N) is 5. The van der Waals surface area contributed by atoms with E-state index in [-0.39, 0.29) is 65.1 Å². The highest BCUT2D eigenvalue weighted by molar-refractivity contribution is 6.07. The Balaban J connectivity index is 1.55. The molecule has 0 aliphatic carbocycles. The van der Waals surface area contributed by atoms with Crippen LogP contribution >= 0.6 is 0 Å². The number of amides is 2. The van der Waals surface area contributed by atoms with E-state index in [1.54, 1.807) is 12.1 Å². The van der Waals surface area contributed by atoms with Crippen molar-refractivity contribution in [1.29, 1.82) is 0 Å². The van der Waals surface area contributed by atoms with Gasteiger partial charge in [0.15, 0.2) is 0 Å². The van der Waals surface area contributed by atoms with E-state index in [1.807, 2.05) is 18.7 Å². The molecule has 15 heteroatoms. The summed E-state index contributed by atoms with van der Waals surface area (Å²) >= 11 is 0. The molecule has 5 rings (SSSR count). The van der Waals surface area contributed by atoms with Crippen molar-refractivity contribution in [3.63, 3.8) is 0 Å². The standard InChI is InChI=1S/C34H36F4N6O5/c1-21-28(29(46)40-24-9-5-8-23(17-24)34(4,37)38)30(49-32(47)42-13-15-43(16-14-42)33(2,3)20-45)44(41-21)25-10-11-27(48-31(35)36)26(18-25)22-7-6-12-39-19-22/h5-12,17-19,31,45H,13-16,20H2,1-4H3,(H,40,46). The Morgan fingerprint density at radius 2 is 1.76 bits per heavy atom. The number of nitrogens with one attached hydrogen (secondary N) is 1. The minimum atomic E-state index is -3.16. The highest BCUT2D eigenvalue weighted by atomic mass is 19.3. The van der Waals surface area contributed by atoms with Crippen molar-refractivity contribution < 1.29 is 41.7 Å². The number of aromatic nitrogens is 3. The summed E-state index contributed by atoms with van der Waals surface area (Å²) in [6.07, 6.45) is 2.19. The molecule has 1 aliphatic heterocycles. The van der Waals surface area contributed by atoms with Crippen LogP contribution < -0.4 is 14.8 Å². The Hall–Kier alpha value is -5.02. The van der Waals surface area contributed by atoms with Crippen molar-refractivity contribution >= 4 is 17.7 Å². The number of hydrogen-bond donors (Lipinski definition) is 2. The molecule has 1 saturated heterocycles. The van der Waals surface area contributed by atoms with Crippen LogP contribution in [0.25, 0.3) is 16.8 Å². The molecule has 1 fully saturated rings. The highest BCUT2D eigenvalue weighted by Gasteiger charge is 2.34. The zero-order chi connectivity index (χ0) is 35.5. The van der Waals surface area contributed by atoms with E-state index in [0.717, 1.165) is 13.0 Å². The second kappa shape index (κ2) is 14.2. The van der Waals surface area contributed by atoms with E-state index >= 15 is 0 Å². The number of carbonyl (C=O) groups excluding carboxylic acids is 2. The van der Waals surface area contributed by atoms with E-state index in [1.165, 1.54) is 65.3 Å². The SMILES string of the molecule is Cc1nn(-c2ccc(OC(F)F)c(-c3cccnc3)c2)c(OC(=O)N2CCN(C(C)(C)CO)CC2)c1C(=O)Nc1cccc(C(C)(F)F)c1. The molecular weight excluding hydrogens is 648 g/mol. The first-order valence-corrected chi connectivity index (χ1v) is 15.4. The van der Waals surface area contributed by atoms with Gasteiger partial charge in [-0.15, -0.1) is 0 Å². The van der Waals surface area contributed by atoms with Crippen LogP contribution in [0.5, 0.6) is 11.6 Å². The molecule has 0 saturated carbocycles. The zero-order valence-corrected chi connectivity index (χ0v) is 27.3. The van der Waals surface area contributed by atoms with Crippen LogP contribution in [0, 0.1) is 6.92 Å². The Morgan fingerprint density at radius 3 is 2.39 bits per heavy atom. The summed E-state index contributed by atoms with van der Waals surface area (Å²) < 4.78 is 66.6. The fourth-order valence-corrected chi connectivity index (χ4v) is 5.44. The first kappa shape index (κ1) is 35.3. The van der Waals surface area contributed by atoms with Gasteiger partial charge in [-0.3, -0.25) is 14.7 Å². The average Bonchev–Trinajstić information content (AvgIpc) is 3.40. The molecule has 4 aromatic rings. The summed E-state index contributed by atoms with van der Waals surface area (Å²) in [4.78, 5) is 34.9. The van der Waals surface area contributed by atoms with Crippen LogP contribution in [0.3, 0.4) is 0 Å². The smallest absolute Gasteiger partial charge is 0.416 e. The van der Waals surface area contributed by atoms with Crippen LogP contribution in [0.1, 0.15) is 42.4 Å². The molecular formula is C34H36F4N6O5. The van der Waals surface area contributed by atoms with Crippen molar-refractivity contribution in [2.75, 3.05) is 38.1 Å². The molecule has 0 spiro atoms. The number of carbonyl (C=O) groups is 2. The third-order valence-electron chi connectivity index (χ3n) is 8.23. The lowest BCUT2D eigenvalue weighted by molar-refractivity contribution is -0.0494. The maximum absolute atomic E-state index is 14.0. The number of ether oxygens (including phenoxy) is 2. The lowest BCUT2D eigenvalue weighted by Crippen LogP contribution is -2.57. The first-order chi connectivity index (χ1) is 23.2. The second-order valence-corrected chi connectivity index (χ2v) is 12.2. The van der Waals surface area contributed by atoms with Gasteiger partial charge in [0.2, 0.25) is 5.88 Å². The van der Waals surface area contributed by atoms with E-state index < -0.39 is 30.1 Å². The van der Waals surface area contributed by atoms with Crippen LogP contribution in [0.15, 0.2) is 67.0 Å². The topological polar surface area (TPSA) is 122 Å². The number of pyridine rings is 1. The largest absolute Gasteiger partial charge is 0.434 e. The van der Waals surface area contributed by atoms with Crippen LogP contribution in [-0.2, 0) is 5.92 Å². The molecule has 0 radical (unpaired) electrons. The Bertz CT molecular complexity index is 1800. The minimum Gasteiger partial charge on any atom is -0.434 e. The summed E-state index contributed by atoms with van der Waals surface area (Å²) in [6.45, 7) is 4.26. The van der Waals surface area contributed by atoms with Crippen molar-refractivity contribution in [2.45, 2.75) is 45.8 Å². The summed E-state index contributed by atoms with van der Waals surface area (Å²) in [5, 5.41) is 16.8. The third-order valence-corrected chi connectivity index (χ3v) is 8.23. The summed E-state index contributed by atoms with van der Waals surface area (Å²) in [7, 11) is 0. The molecule has 260 valence electrons. The number of benzene rings is 2. The number of aliphatic hydroxyl groups excluding tert-OH is 1. The average molecular weight is 685 g/mol. The fraction of sp³-hybridized carbons (Fsp3) is 0.353. The van der Waals surface area contributed by atoms with Crippen molar-refractivity contribution in [3.05, 3.63) is 83.8 Å². The quantitative estimate of drug-likeness (QED) is 0.193. The Morgan fingerprint density at radius 1 is 1.02 bits per heavy atom. The predicted octanol–water partition coefficient (Wildman–Crippen LogP) is 6.10. The Labute approximate surface area is 280 Å². The van der Waals surface area contributed by atoms with Gasteiger partial charge in [0.1, 0.15) is 11.3 Å². The van der Waals surface area contributed by atoms with Gasteiger partial charge >= 0.3 is 12.7 Å². The maximum Gasteiger partial charge on any atom is 0.416 e. The third kappa shape index (κ3) is 8.00. The van der Waals surface area contributed by atoms with Crippen molar-refractivity contribution in [2.24, 2.45) is 0 Å². The molecule has 0 bridgehead atoms. The number of piperazine rings is 1. The number of rotatable bonds is 10. The highest BCUT2D eigenvalue weighted by Crippen LogP contribution is 2.36. The molecule has 3 heterocycles. The fourth-order valence-electron chi connectivity index (χ4n) is 5.44. The second-order valence-electron chi connectivity index (χ2n) is 12.2. The number of anilines is 1. The van der Waals surface area contributed by atoms with Crippen LogP contribution in [0.4, 0.5) is 28.0 Å².